The first kappa shape index (κ1) is 19.6. The van der Waals surface area contributed by atoms with Crippen LogP contribution in [0.4, 0.5) is 10.2 Å². The second-order valence-electron chi connectivity index (χ2n) is 7.29. The molecule has 30 heavy (non-hydrogen) atoms. The lowest BCUT2D eigenvalue weighted by Gasteiger charge is -2.11. The van der Waals surface area contributed by atoms with E-state index in [1.54, 1.807) is 24.7 Å². The van der Waals surface area contributed by atoms with Crippen LogP contribution >= 0.6 is 0 Å². The number of nitrogens with zero attached hydrogens (tertiary/aromatic N) is 4. The topological polar surface area (TPSA) is 80.6 Å². The third-order valence-corrected chi connectivity index (χ3v) is 4.86. The van der Waals surface area contributed by atoms with Gasteiger partial charge in [0.25, 0.3) is 0 Å². The number of nitriles is 1. The van der Waals surface area contributed by atoms with Gasteiger partial charge in [-0.1, -0.05) is 6.07 Å². The lowest BCUT2D eigenvalue weighted by molar-refractivity contribution is 0.425. The van der Waals surface area contributed by atoms with E-state index in [-0.39, 0.29) is 5.82 Å². The van der Waals surface area contributed by atoms with Crippen LogP contribution in [0.1, 0.15) is 5.56 Å². The minimum atomic E-state index is -0.368. The Morgan fingerprint density at radius 2 is 2.00 bits per heavy atom. The molecule has 0 aliphatic rings. The molecule has 0 spiro atoms. The summed E-state index contributed by atoms with van der Waals surface area (Å²) < 4.78 is 14.5. The first-order chi connectivity index (χ1) is 14.5. The summed E-state index contributed by atoms with van der Waals surface area (Å²) in [6, 6.07) is 12.3. The lowest BCUT2D eigenvalue weighted by Crippen LogP contribution is -2.21. The van der Waals surface area contributed by atoms with Crippen LogP contribution in [0.5, 0.6) is 0 Å². The Morgan fingerprint density at radius 1 is 1.13 bits per heavy atom. The van der Waals surface area contributed by atoms with Gasteiger partial charge < -0.3 is 15.2 Å². The van der Waals surface area contributed by atoms with Gasteiger partial charge in [-0.25, -0.2) is 9.37 Å². The van der Waals surface area contributed by atoms with Crippen molar-refractivity contribution in [2.75, 3.05) is 32.5 Å². The molecule has 0 fully saturated rings. The summed E-state index contributed by atoms with van der Waals surface area (Å²) in [5, 5.41) is 13.3. The third-order valence-electron chi connectivity index (χ3n) is 4.86. The van der Waals surface area contributed by atoms with Crippen molar-refractivity contribution in [3.05, 3.63) is 66.4 Å². The quantitative estimate of drug-likeness (QED) is 0.505. The van der Waals surface area contributed by atoms with Gasteiger partial charge in [0.1, 0.15) is 11.6 Å². The van der Waals surface area contributed by atoms with E-state index in [0.717, 1.165) is 35.2 Å². The second-order valence-corrected chi connectivity index (χ2v) is 7.29. The van der Waals surface area contributed by atoms with E-state index in [4.69, 9.17) is 0 Å². The molecule has 2 aromatic heterocycles. The molecule has 0 radical (unpaired) electrons. The first-order valence-electron chi connectivity index (χ1n) is 9.57. The highest BCUT2D eigenvalue weighted by Crippen LogP contribution is 2.33. The van der Waals surface area contributed by atoms with Gasteiger partial charge in [-0.2, -0.15) is 5.26 Å². The lowest BCUT2D eigenvalue weighted by atomic mass is 10.00. The molecule has 0 amide bonds. The number of hydrogen-bond donors (Lipinski definition) is 2. The molecule has 2 heterocycles. The van der Waals surface area contributed by atoms with Crippen molar-refractivity contribution in [3.63, 3.8) is 0 Å². The molecule has 2 N–H and O–H groups in total. The maximum Gasteiger partial charge on any atom is 0.145 e. The summed E-state index contributed by atoms with van der Waals surface area (Å²) in [5.74, 6) is 0.337. The van der Waals surface area contributed by atoms with Gasteiger partial charge in [0.15, 0.2) is 0 Å². The van der Waals surface area contributed by atoms with Gasteiger partial charge in [-0.3, -0.25) is 4.98 Å². The Hall–Kier alpha value is -3.76. The molecule has 0 bridgehead atoms. The van der Waals surface area contributed by atoms with E-state index in [2.05, 4.69) is 31.2 Å². The van der Waals surface area contributed by atoms with Crippen LogP contribution in [0, 0.1) is 17.1 Å². The summed E-state index contributed by atoms with van der Waals surface area (Å²) in [6.45, 7) is 1.65. The fraction of sp³-hybridized carbons (Fsp3) is 0.174. The average Bonchev–Trinajstić information content (AvgIpc) is 3.17. The highest BCUT2D eigenvalue weighted by molar-refractivity contribution is 5.98. The molecule has 0 aliphatic heterocycles. The van der Waals surface area contributed by atoms with Crippen LogP contribution < -0.4 is 5.32 Å². The van der Waals surface area contributed by atoms with Gasteiger partial charge in [-0.05, 0) is 44.4 Å². The normalized spacial score (nSPS) is 11.0. The molecule has 4 rings (SSSR count). The number of anilines is 1. The molecule has 4 aromatic rings. The van der Waals surface area contributed by atoms with Crippen LogP contribution in [0.2, 0.25) is 0 Å². The Bertz CT molecular complexity index is 1240. The van der Waals surface area contributed by atoms with Crippen LogP contribution in [0.15, 0.2) is 55.0 Å². The molecule has 0 saturated heterocycles. The van der Waals surface area contributed by atoms with E-state index >= 15 is 0 Å². The average molecular weight is 400 g/mol. The molecule has 0 saturated carbocycles. The number of aromatic amines is 1. The molecule has 2 aromatic carbocycles. The van der Waals surface area contributed by atoms with Crippen molar-refractivity contribution in [3.8, 4) is 28.5 Å². The number of nitrogens with one attached hydrogen (secondary N) is 2. The smallest absolute Gasteiger partial charge is 0.145 e. The summed E-state index contributed by atoms with van der Waals surface area (Å²) >= 11 is 0. The van der Waals surface area contributed by atoms with Crippen LogP contribution in [-0.4, -0.2) is 47.0 Å². The number of aromatic nitrogens is 3. The standard InChI is InChI=1S/C23H21FN6/c1-30(2)8-7-27-23-14-26-13-22(29-23)16-4-6-21-18(10-16)19(12-28-21)17-9-15(11-25)3-5-20(17)24/h3-6,9-10,12-14,28H,7-8H2,1-2H3,(H,27,29). The number of H-pyrrole nitrogens is 1. The van der Waals surface area contributed by atoms with Gasteiger partial charge >= 0.3 is 0 Å². The Morgan fingerprint density at radius 3 is 2.80 bits per heavy atom. The highest BCUT2D eigenvalue weighted by atomic mass is 19.1. The molecule has 0 atom stereocenters. The highest BCUT2D eigenvalue weighted by Gasteiger charge is 2.13. The van der Waals surface area contributed by atoms with Crippen molar-refractivity contribution < 1.29 is 4.39 Å². The van der Waals surface area contributed by atoms with E-state index in [9.17, 15) is 9.65 Å². The Labute approximate surface area is 174 Å². The maximum absolute atomic E-state index is 14.5. The van der Waals surface area contributed by atoms with Crippen molar-refractivity contribution in [1.29, 1.82) is 5.26 Å². The SMILES string of the molecule is CN(C)CCNc1cncc(-c2ccc3[nH]cc(-c4cc(C#N)ccc4F)c3c2)n1. The van der Waals surface area contributed by atoms with Crippen molar-refractivity contribution in [2.24, 2.45) is 0 Å². The predicted octanol–water partition coefficient (Wildman–Crippen LogP) is 4.28. The number of hydrogen-bond acceptors (Lipinski definition) is 5. The predicted molar refractivity (Wildman–Crippen MR) is 116 cm³/mol. The monoisotopic (exact) mass is 400 g/mol. The first-order valence-corrected chi connectivity index (χ1v) is 9.57. The number of halogens is 1. The zero-order valence-corrected chi connectivity index (χ0v) is 16.8. The molecule has 0 aliphatic carbocycles. The van der Waals surface area contributed by atoms with E-state index in [1.165, 1.54) is 12.1 Å². The Balaban J connectivity index is 1.71. The fourth-order valence-electron chi connectivity index (χ4n) is 3.30. The minimum absolute atomic E-state index is 0.368. The summed E-state index contributed by atoms with van der Waals surface area (Å²) in [5.41, 5.74) is 3.99. The van der Waals surface area contributed by atoms with Crippen molar-refractivity contribution in [1.82, 2.24) is 19.9 Å². The summed E-state index contributed by atoms with van der Waals surface area (Å²) in [6.07, 6.45) is 5.17. The molecular formula is C23H21FN6. The van der Waals surface area contributed by atoms with Crippen molar-refractivity contribution >= 4 is 16.7 Å². The van der Waals surface area contributed by atoms with Crippen LogP contribution in [0.25, 0.3) is 33.3 Å². The van der Waals surface area contributed by atoms with Crippen LogP contribution in [-0.2, 0) is 0 Å². The van der Waals surface area contributed by atoms with Gasteiger partial charge in [0, 0.05) is 46.9 Å². The van der Waals surface area contributed by atoms with E-state index in [0.29, 0.717) is 22.5 Å². The molecule has 150 valence electrons. The minimum Gasteiger partial charge on any atom is -0.367 e. The molecule has 0 unspecified atom stereocenters. The largest absolute Gasteiger partial charge is 0.367 e. The van der Waals surface area contributed by atoms with Crippen molar-refractivity contribution in [2.45, 2.75) is 0 Å². The van der Waals surface area contributed by atoms with Gasteiger partial charge in [0.05, 0.1) is 29.7 Å². The van der Waals surface area contributed by atoms with E-state index in [1.807, 2.05) is 32.3 Å². The van der Waals surface area contributed by atoms with Gasteiger partial charge in [-0.15, -0.1) is 0 Å². The van der Waals surface area contributed by atoms with Gasteiger partial charge in [0.2, 0.25) is 0 Å². The summed E-state index contributed by atoms with van der Waals surface area (Å²) in [7, 11) is 4.03. The molecular weight excluding hydrogens is 379 g/mol. The number of likely N-dealkylation sites (N-methyl/N-ethyl adjacent to an activating group) is 1. The number of fused-ring (bicyclic) bond motifs is 1. The summed E-state index contributed by atoms with van der Waals surface area (Å²) in [4.78, 5) is 14.2. The number of rotatable bonds is 6. The molecule has 7 heteroatoms. The van der Waals surface area contributed by atoms with E-state index < -0.39 is 0 Å². The maximum atomic E-state index is 14.5. The fourth-order valence-corrected chi connectivity index (χ4v) is 3.30. The number of benzene rings is 2. The van der Waals surface area contributed by atoms with Crippen LogP contribution in [0.3, 0.4) is 0 Å². The zero-order valence-electron chi connectivity index (χ0n) is 16.8. The molecule has 6 nitrogen and oxygen atoms in total. The zero-order chi connectivity index (χ0) is 21.1. The second kappa shape index (κ2) is 8.31. The third kappa shape index (κ3) is 4.00. The Kier molecular flexibility index (Phi) is 5.42.